The van der Waals surface area contributed by atoms with Gasteiger partial charge in [-0.15, -0.1) is 5.10 Å². The van der Waals surface area contributed by atoms with Crippen molar-refractivity contribution in [3.63, 3.8) is 0 Å². The number of hydrogen-bond donors (Lipinski definition) is 1. The van der Waals surface area contributed by atoms with Crippen molar-refractivity contribution in [2.75, 3.05) is 5.75 Å². The molecule has 1 amide bonds. The first-order valence-electron chi connectivity index (χ1n) is 6.51. The van der Waals surface area contributed by atoms with Gasteiger partial charge in [0.05, 0.1) is 5.75 Å². The molecule has 0 bridgehead atoms. The van der Waals surface area contributed by atoms with Crippen LogP contribution >= 0.6 is 11.8 Å². The number of carbonyl (C=O) groups is 1. The van der Waals surface area contributed by atoms with Gasteiger partial charge in [0.25, 0.3) is 0 Å². The lowest BCUT2D eigenvalue weighted by molar-refractivity contribution is -0.116. The molecule has 1 N–H and O–H groups in total. The quantitative estimate of drug-likeness (QED) is 0.743. The van der Waals surface area contributed by atoms with E-state index in [4.69, 9.17) is 0 Å². The standard InChI is InChI=1S/C13H21N3OS/c1-13(2,3)9-4-6-10(7-5-9)15-16-12-14-11(17)8-18-12/h9H,4-8H2,1-3H3,(H,14,16,17). The molecular formula is C13H21N3OS. The van der Waals surface area contributed by atoms with E-state index in [0.29, 0.717) is 16.3 Å². The van der Waals surface area contributed by atoms with Gasteiger partial charge in [-0.25, -0.2) is 0 Å². The molecule has 0 aromatic rings. The van der Waals surface area contributed by atoms with Gasteiger partial charge in [0, 0.05) is 5.71 Å². The van der Waals surface area contributed by atoms with Crippen molar-refractivity contribution in [1.29, 1.82) is 0 Å². The third-order valence-corrected chi connectivity index (χ3v) is 4.52. The molecule has 2 fully saturated rings. The minimum absolute atomic E-state index is 0.0235. The molecule has 0 radical (unpaired) electrons. The van der Waals surface area contributed by atoms with Gasteiger partial charge in [-0.05, 0) is 37.0 Å². The van der Waals surface area contributed by atoms with E-state index in [1.54, 1.807) is 0 Å². The van der Waals surface area contributed by atoms with E-state index in [9.17, 15) is 4.79 Å². The van der Waals surface area contributed by atoms with Crippen LogP contribution in [0.15, 0.2) is 10.2 Å². The summed E-state index contributed by atoms with van der Waals surface area (Å²) in [5.41, 5.74) is 1.57. The van der Waals surface area contributed by atoms with E-state index in [-0.39, 0.29) is 5.91 Å². The van der Waals surface area contributed by atoms with Gasteiger partial charge >= 0.3 is 0 Å². The molecule has 100 valence electrons. The number of nitrogens with zero attached hydrogens (tertiary/aromatic N) is 2. The fraction of sp³-hybridized carbons (Fsp3) is 0.769. The Kier molecular flexibility index (Phi) is 4.10. The van der Waals surface area contributed by atoms with Gasteiger partial charge in [0.2, 0.25) is 5.91 Å². The molecule has 0 atom stereocenters. The van der Waals surface area contributed by atoms with E-state index in [0.717, 1.165) is 18.8 Å². The number of carbonyl (C=O) groups excluding carboxylic acids is 1. The van der Waals surface area contributed by atoms with Crippen molar-refractivity contribution < 1.29 is 4.79 Å². The molecular weight excluding hydrogens is 246 g/mol. The lowest BCUT2D eigenvalue weighted by Crippen LogP contribution is -2.26. The first-order valence-corrected chi connectivity index (χ1v) is 7.50. The first kappa shape index (κ1) is 13.6. The average Bonchev–Trinajstić information content (AvgIpc) is 2.72. The minimum Gasteiger partial charge on any atom is -0.303 e. The Morgan fingerprint density at radius 3 is 2.39 bits per heavy atom. The van der Waals surface area contributed by atoms with Crippen LogP contribution in [0.1, 0.15) is 46.5 Å². The zero-order valence-corrected chi connectivity index (χ0v) is 12.1. The van der Waals surface area contributed by atoms with E-state index >= 15 is 0 Å². The maximum absolute atomic E-state index is 11.0. The van der Waals surface area contributed by atoms with Crippen molar-refractivity contribution >= 4 is 28.5 Å². The van der Waals surface area contributed by atoms with Crippen LogP contribution in [0.4, 0.5) is 0 Å². The molecule has 5 heteroatoms. The molecule has 1 saturated carbocycles. The smallest absolute Gasteiger partial charge is 0.236 e. The number of nitrogens with one attached hydrogen (secondary N) is 1. The van der Waals surface area contributed by atoms with Crippen LogP contribution in [0.3, 0.4) is 0 Å². The highest BCUT2D eigenvalue weighted by molar-refractivity contribution is 8.15. The molecule has 1 aliphatic carbocycles. The van der Waals surface area contributed by atoms with Crippen LogP contribution in [0.2, 0.25) is 0 Å². The van der Waals surface area contributed by atoms with Gasteiger partial charge in [-0.1, -0.05) is 32.5 Å². The maximum Gasteiger partial charge on any atom is 0.236 e. The van der Waals surface area contributed by atoms with Gasteiger partial charge in [0.1, 0.15) is 0 Å². The van der Waals surface area contributed by atoms with E-state index in [1.165, 1.54) is 30.3 Å². The number of thioether (sulfide) groups is 1. The molecule has 0 aromatic heterocycles. The summed E-state index contributed by atoms with van der Waals surface area (Å²) >= 11 is 1.43. The van der Waals surface area contributed by atoms with Gasteiger partial charge < -0.3 is 5.32 Å². The zero-order chi connectivity index (χ0) is 13.2. The Morgan fingerprint density at radius 1 is 1.22 bits per heavy atom. The Balaban J connectivity index is 1.88. The Bertz CT molecular complexity index is 386. The summed E-state index contributed by atoms with van der Waals surface area (Å²) in [4.78, 5) is 11.0. The van der Waals surface area contributed by atoms with Gasteiger partial charge in [-0.3, -0.25) is 4.79 Å². The number of amidine groups is 1. The summed E-state index contributed by atoms with van der Waals surface area (Å²) in [7, 11) is 0. The monoisotopic (exact) mass is 267 g/mol. The highest BCUT2D eigenvalue weighted by Gasteiger charge is 2.28. The van der Waals surface area contributed by atoms with Crippen LogP contribution in [-0.4, -0.2) is 22.5 Å². The molecule has 4 nitrogen and oxygen atoms in total. The predicted molar refractivity (Wildman–Crippen MR) is 76.9 cm³/mol. The Morgan fingerprint density at radius 2 is 1.89 bits per heavy atom. The molecule has 0 spiro atoms. The molecule has 2 aliphatic rings. The second-order valence-corrected chi connectivity index (χ2v) is 7.01. The fourth-order valence-corrected chi connectivity index (χ4v) is 3.04. The SMILES string of the molecule is CC(C)(C)C1CCC(=N/N=C2/NC(=O)CS2)CC1. The lowest BCUT2D eigenvalue weighted by atomic mass is 9.72. The summed E-state index contributed by atoms with van der Waals surface area (Å²) in [5, 5.41) is 11.7. The Hall–Kier alpha value is -0.840. The molecule has 1 heterocycles. The predicted octanol–water partition coefficient (Wildman–Crippen LogP) is 2.80. The Labute approximate surface area is 113 Å². The highest BCUT2D eigenvalue weighted by Crippen LogP contribution is 2.36. The average molecular weight is 267 g/mol. The second-order valence-electron chi connectivity index (χ2n) is 6.05. The summed E-state index contributed by atoms with van der Waals surface area (Å²) in [6, 6.07) is 0. The molecule has 1 aliphatic heterocycles. The number of hydrogen-bond acceptors (Lipinski definition) is 4. The van der Waals surface area contributed by atoms with Crippen molar-refractivity contribution in [3.05, 3.63) is 0 Å². The van der Waals surface area contributed by atoms with Crippen molar-refractivity contribution in [2.45, 2.75) is 46.5 Å². The van der Waals surface area contributed by atoms with E-state index in [1.807, 2.05) is 0 Å². The fourth-order valence-electron chi connectivity index (χ4n) is 2.41. The van der Waals surface area contributed by atoms with Gasteiger partial charge in [0.15, 0.2) is 5.17 Å². The zero-order valence-electron chi connectivity index (χ0n) is 11.3. The molecule has 18 heavy (non-hydrogen) atoms. The maximum atomic E-state index is 11.0. The molecule has 2 rings (SSSR count). The van der Waals surface area contributed by atoms with Crippen LogP contribution in [0.25, 0.3) is 0 Å². The molecule has 1 saturated heterocycles. The first-order chi connectivity index (χ1) is 8.45. The third-order valence-electron chi connectivity index (χ3n) is 3.66. The van der Waals surface area contributed by atoms with E-state index < -0.39 is 0 Å². The lowest BCUT2D eigenvalue weighted by Gasteiger charge is -2.34. The van der Waals surface area contributed by atoms with Crippen LogP contribution in [-0.2, 0) is 4.79 Å². The minimum atomic E-state index is 0.0235. The third kappa shape index (κ3) is 3.57. The largest absolute Gasteiger partial charge is 0.303 e. The summed E-state index contributed by atoms with van der Waals surface area (Å²) in [6.07, 6.45) is 4.48. The van der Waals surface area contributed by atoms with Crippen molar-refractivity contribution in [2.24, 2.45) is 21.5 Å². The van der Waals surface area contributed by atoms with Crippen LogP contribution in [0, 0.1) is 11.3 Å². The van der Waals surface area contributed by atoms with Crippen LogP contribution < -0.4 is 5.32 Å². The topological polar surface area (TPSA) is 53.8 Å². The van der Waals surface area contributed by atoms with Crippen molar-refractivity contribution in [1.82, 2.24) is 5.32 Å². The summed E-state index contributed by atoms with van der Waals surface area (Å²) < 4.78 is 0. The summed E-state index contributed by atoms with van der Waals surface area (Å²) in [5.74, 6) is 1.27. The van der Waals surface area contributed by atoms with Crippen molar-refractivity contribution in [3.8, 4) is 0 Å². The number of rotatable bonds is 1. The normalized spacial score (nSPS) is 27.5. The van der Waals surface area contributed by atoms with E-state index in [2.05, 4.69) is 36.3 Å². The number of amides is 1. The molecule has 0 aromatic carbocycles. The highest BCUT2D eigenvalue weighted by atomic mass is 32.2. The van der Waals surface area contributed by atoms with Crippen LogP contribution in [0.5, 0.6) is 0 Å². The molecule has 0 unspecified atom stereocenters. The summed E-state index contributed by atoms with van der Waals surface area (Å²) in [6.45, 7) is 6.93. The van der Waals surface area contributed by atoms with Gasteiger partial charge in [-0.2, -0.15) is 5.10 Å². The second kappa shape index (κ2) is 5.43.